The highest BCUT2D eigenvalue weighted by atomic mass is 16.3. The van der Waals surface area contributed by atoms with E-state index in [1.54, 1.807) is 0 Å². The standard InChI is InChI=1S/C17H22N2O2/c1-12-8-13(10-18)11-19(12)17(20)7-6-15-9-14-4-2-3-5-16(14)21-15/h2-5,9,12-13H,6-8,10-11,18H2,1H3. The van der Waals surface area contributed by atoms with E-state index in [0.717, 1.165) is 29.7 Å². The largest absolute Gasteiger partial charge is 0.461 e. The predicted octanol–water partition coefficient (Wildman–Crippen LogP) is 2.56. The summed E-state index contributed by atoms with van der Waals surface area (Å²) in [6.07, 6.45) is 2.18. The van der Waals surface area contributed by atoms with Gasteiger partial charge in [-0.25, -0.2) is 0 Å². The molecule has 2 heterocycles. The van der Waals surface area contributed by atoms with Crippen molar-refractivity contribution < 1.29 is 9.21 Å². The first-order valence-electron chi connectivity index (χ1n) is 7.64. The number of hydrogen-bond donors (Lipinski definition) is 1. The molecule has 2 atom stereocenters. The molecule has 0 spiro atoms. The van der Waals surface area contributed by atoms with E-state index in [0.29, 0.717) is 31.3 Å². The van der Waals surface area contributed by atoms with Crippen LogP contribution in [0, 0.1) is 5.92 Å². The predicted molar refractivity (Wildman–Crippen MR) is 82.9 cm³/mol. The molecule has 0 bridgehead atoms. The van der Waals surface area contributed by atoms with Gasteiger partial charge in [-0.2, -0.15) is 0 Å². The van der Waals surface area contributed by atoms with E-state index < -0.39 is 0 Å². The minimum atomic E-state index is 0.207. The van der Waals surface area contributed by atoms with Gasteiger partial charge in [0.15, 0.2) is 0 Å². The van der Waals surface area contributed by atoms with E-state index >= 15 is 0 Å². The lowest BCUT2D eigenvalue weighted by Crippen LogP contribution is -2.34. The summed E-state index contributed by atoms with van der Waals surface area (Å²) in [5.41, 5.74) is 6.60. The molecule has 0 saturated carbocycles. The number of rotatable bonds is 4. The van der Waals surface area contributed by atoms with Gasteiger partial charge in [0.25, 0.3) is 0 Å². The van der Waals surface area contributed by atoms with Gasteiger partial charge in [-0.3, -0.25) is 4.79 Å². The highest BCUT2D eigenvalue weighted by Crippen LogP contribution is 2.24. The molecule has 1 aliphatic rings. The maximum Gasteiger partial charge on any atom is 0.223 e. The molecule has 2 aromatic rings. The number of nitrogens with two attached hydrogens (primary N) is 1. The topological polar surface area (TPSA) is 59.5 Å². The molecule has 21 heavy (non-hydrogen) atoms. The number of nitrogens with zero attached hydrogens (tertiary/aromatic N) is 1. The first-order chi connectivity index (χ1) is 10.2. The summed E-state index contributed by atoms with van der Waals surface area (Å²) < 4.78 is 5.76. The van der Waals surface area contributed by atoms with E-state index in [4.69, 9.17) is 10.2 Å². The summed E-state index contributed by atoms with van der Waals surface area (Å²) in [4.78, 5) is 14.3. The normalized spacial score (nSPS) is 22.1. The van der Waals surface area contributed by atoms with Crippen molar-refractivity contribution in [3.05, 3.63) is 36.1 Å². The maximum atomic E-state index is 12.3. The van der Waals surface area contributed by atoms with Crippen molar-refractivity contribution >= 4 is 16.9 Å². The Morgan fingerprint density at radius 2 is 2.24 bits per heavy atom. The lowest BCUT2D eigenvalue weighted by atomic mass is 10.1. The number of carbonyl (C=O) groups is 1. The molecule has 1 fully saturated rings. The smallest absolute Gasteiger partial charge is 0.223 e. The van der Waals surface area contributed by atoms with Crippen molar-refractivity contribution in [3.8, 4) is 0 Å². The van der Waals surface area contributed by atoms with Gasteiger partial charge in [0, 0.05) is 30.8 Å². The lowest BCUT2D eigenvalue weighted by molar-refractivity contribution is -0.131. The first-order valence-corrected chi connectivity index (χ1v) is 7.64. The quantitative estimate of drug-likeness (QED) is 0.939. The Balaban J connectivity index is 1.60. The van der Waals surface area contributed by atoms with Gasteiger partial charge in [0.05, 0.1) is 0 Å². The van der Waals surface area contributed by atoms with Gasteiger partial charge < -0.3 is 15.1 Å². The number of likely N-dealkylation sites (tertiary alicyclic amines) is 1. The van der Waals surface area contributed by atoms with Gasteiger partial charge in [-0.15, -0.1) is 0 Å². The zero-order valence-electron chi connectivity index (χ0n) is 12.4. The maximum absolute atomic E-state index is 12.3. The van der Waals surface area contributed by atoms with Crippen LogP contribution >= 0.6 is 0 Å². The molecule has 112 valence electrons. The van der Waals surface area contributed by atoms with Gasteiger partial charge in [0.2, 0.25) is 5.91 Å². The molecule has 4 nitrogen and oxygen atoms in total. The zero-order chi connectivity index (χ0) is 14.8. The third-order valence-electron chi connectivity index (χ3n) is 4.38. The highest BCUT2D eigenvalue weighted by Gasteiger charge is 2.31. The van der Waals surface area contributed by atoms with Gasteiger partial charge in [0.1, 0.15) is 11.3 Å². The fourth-order valence-electron chi connectivity index (χ4n) is 3.19. The van der Waals surface area contributed by atoms with E-state index in [1.165, 1.54) is 0 Å². The second kappa shape index (κ2) is 5.90. The highest BCUT2D eigenvalue weighted by molar-refractivity contribution is 5.79. The molecule has 1 aromatic heterocycles. The van der Waals surface area contributed by atoms with Crippen molar-refractivity contribution in [2.75, 3.05) is 13.1 Å². The second-order valence-electron chi connectivity index (χ2n) is 5.98. The molecule has 0 aliphatic carbocycles. The monoisotopic (exact) mass is 286 g/mol. The van der Waals surface area contributed by atoms with Crippen molar-refractivity contribution in [1.29, 1.82) is 0 Å². The van der Waals surface area contributed by atoms with E-state index in [-0.39, 0.29) is 5.91 Å². The van der Waals surface area contributed by atoms with Crippen LogP contribution in [0.25, 0.3) is 11.0 Å². The number of furan rings is 1. The third kappa shape index (κ3) is 2.95. The van der Waals surface area contributed by atoms with Crippen LogP contribution in [0.1, 0.15) is 25.5 Å². The number of aryl methyl sites for hydroxylation is 1. The molecule has 3 rings (SSSR count). The number of amides is 1. The van der Waals surface area contributed by atoms with Crippen LogP contribution in [0.2, 0.25) is 0 Å². The Bertz CT molecular complexity index is 602. The third-order valence-corrected chi connectivity index (χ3v) is 4.38. The van der Waals surface area contributed by atoms with Crippen molar-refractivity contribution in [2.45, 2.75) is 32.2 Å². The molecular weight excluding hydrogens is 264 g/mol. The van der Waals surface area contributed by atoms with Crippen LogP contribution in [-0.4, -0.2) is 29.9 Å². The zero-order valence-corrected chi connectivity index (χ0v) is 12.4. The molecule has 1 aliphatic heterocycles. The van der Waals surface area contributed by atoms with Crippen LogP contribution in [0.4, 0.5) is 0 Å². The summed E-state index contributed by atoms with van der Waals surface area (Å²) in [5, 5.41) is 1.10. The number of hydrogen-bond acceptors (Lipinski definition) is 3. The van der Waals surface area contributed by atoms with Crippen molar-refractivity contribution in [2.24, 2.45) is 11.7 Å². The Morgan fingerprint density at radius 3 is 2.95 bits per heavy atom. The minimum absolute atomic E-state index is 0.207. The molecule has 2 unspecified atom stereocenters. The average Bonchev–Trinajstić information content (AvgIpc) is 3.07. The van der Waals surface area contributed by atoms with Crippen LogP contribution in [0.15, 0.2) is 34.7 Å². The minimum Gasteiger partial charge on any atom is -0.461 e. The molecular formula is C17H22N2O2. The second-order valence-corrected chi connectivity index (χ2v) is 5.98. The molecule has 4 heteroatoms. The van der Waals surface area contributed by atoms with Gasteiger partial charge in [-0.05, 0) is 37.9 Å². The number of para-hydroxylation sites is 1. The van der Waals surface area contributed by atoms with Gasteiger partial charge >= 0.3 is 0 Å². The number of fused-ring (bicyclic) bond motifs is 1. The van der Waals surface area contributed by atoms with Crippen LogP contribution in [0.3, 0.4) is 0 Å². The Hall–Kier alpha value is -1.81. The van der Waals surface area contributed by atoms with Crippen LogP contribution in [0.5, 0.6) is 0 Å². The Kier molecular flexibility index (Phi) is 3.97. The number of carbonyl (C=O) groups excluding carboxylic acids is 1. The van der Waals surface area contributed by atoms with E-state index in [9.17, 15) is 4.79 Å². The summed E-state index contributed by atoms with van der Waals surface area (Å²) in [6.45, 7) is 3.57. The summed E-state index contributed by atoms with van der Waals surface area (Å²) >= 11 is 0. The Morgan fingerprint density at radius 1 is 1.43 bits per heavy atom. The summed E-state index contributed by atoms with van der Waals surface area (Å²) in [6, 6.07) is 10.3. The first kappa shape index (κ1) is 14.1. The van der Waals surface area contributed by atoms with Gasteiger partial charge in [-0.1, -0.05) is 18.2 Å². The Labute approximate surface area is 124 Å². The molecule has 1 amide bonds. The number of benzene rings is 1. The fourth-order valence-corrected chi connectivity index (χ4v) is 3.19. The molecule has 1 saturated heterocycles. The van der Waals surface area contributed by atoms with Crippen LogP contribution < -0.4 is 5.73 Å². The molecule has 2 N–H and O–H groups in total. The average molecular weight is 286 g/mol. The summed E-state index contributed by atoms with van der Waals surface area (Å²) in [7, 11) is 0. The summed E-state index contributed by atoms with van der Waals surface area (Å²) in [5.74, 6) is 1.54. The van der Waals surface area contributed by atoms with E-state index in [2.05, 4.69) is 6.92 Å². The fraction of sp³-hybridized carbons (Fsp3) is 0.471. The van der Waals surface area contributed by atoms with Crippen molar-refractivity contribution in [1.82, 2.24) is 4.90 Å². The van der Waals surface area contributed by atoms with Crippen molar-refractivity contribution in [3.63, 3.8) is 0 Å². The lowest BCUT2D eigenvalue weighted by Gasteiger charge is -2.21. The van der Waals surface area contributed by atoms with Crippen LogP contribution in [-0.2, 0) is 11.2 Å². The molecule has 1 aromatic carbocycles. The van der Waals surface area contributed by atoms with E-state index in [1.807, 2.05) is 35.2 Å². The molecule has 0 radical (unpaired) electrons. The SMILES string of the molecule is CC1CC(CN)CN1C(=O)CCc1cc2ccccc2o1.